The molecule has 0 N–H and O–H groups in total. The Labute approximate surface area is 107 Å². The third-order valence-corrected chi connectivity index (χ3v) is 2.68. The molecule has 0 heterocycles. The average molecular weight is 256 g/mol. The normalized spacial score (nSPS) is 10.3. The molecule has 1 aromatic rings. The Hall–Kier alpha value is -1.03. The van der Waals surface area contributed by atoms with Crippen molar-refractivity contribution in [2.24, 2.45) is 0 Å². The Morgan fingerprint density at radius 1 is 1.35 bits per heavy atom. The van der Waals surface area contributed by atoms with Gasteiger partial charge in [-0.05, 0) is 24.6 Å². The summed E-state index contributed by atoms with van der Waals surface area (Å²) in [7, 11) is 0. The van der Waals surface area contributed by atoms with E-state index in [4.69, 9.17) is 4.74 Å². The Morgan fingerprint density at radius 3 is 2.82 bits per heavy atom. The molecule has 1 aromatic carbocycles. The van der Waals surface area contributed by atoms with E-state index in [1.54, 1.807) is 0 Å². The highest BCUT2D eigenvalue weighted by Gasteiger charge is 2.12. The zero-order chi connectivity index (χ0) is 12.7. The number of hydrogen-bond acceptors (Lipinski definition) is 3. The first-order valence-corrected chi connectivity index (χ1v) is 6.25. The predicted molar refractivity (Wildman–Crippen MR) is 68.1 cm³/mol. The van der Waals surface area contributed by atoms with Crippen LogP contribution in [-0.4, -0.2) is 12.6 Å². The van der Waals surface area contributed by atoms with Gasteiger partial charge < -0.3 is 4.74 Å². The van der Waals surface area contributed by atoms with E-state index in [2.05, 4.69) is 19.6 Å². The average Bonchev–Trinajstić information content (AvgIpc) is 2.32. The molecule has 0 amide bonds. The first-order chi connectivity index (χ1) is 8.15. The van der Waals surface area contributed by atoms with Crippen LogP contribution in [0.4, 0.5) is 4.39 Å². The summed E-state index contributed by atoms with van der Waals surface area (Å²) in [4.78, 5) is 12.1. The summed E-state index contributed by atoms with van der Waals surface area (Å²) in [5.41, 5.74) is -0.0482. The molecule has 0 radical (unpaired) electrons. The van der Waals surface area contributed by atoms with Crippen molar-refractivity contribution in [1.29, 1.82) is 0 Å². The van der Waals surface area contributed by atoms with E-state index in [0.29, 0.717) is 11.5 Å². The predicted octanol–water partition coefficient (Wildman–Crippen LogP) is 3.85. The minimum Gasteiger partial charge on any atom is -0.462 e. The highest BCUT2D eigenvalue weighted by atomic mass is 32.1. The topological polar surface area (TPSA) is 26.3 Å². The van der Waals surface area contributed by atoms with E-state index in [-0.39, 0.29) is 5.56 Å². The van der Waals surface area contributed by atoms with Crippen molar-refractivity contribution in [1.82, 2.24) is 0 Å². The maximum absolute atomic E-state index is 13.3. The highest BCUT2D eigenvalue weighted by Crippen LogP contribution is 2.14. The van der Waals surface area contributed by atoms with Gasteiger partial charge >= 0.3 is 5.97 Å². The van der Waals surface area contributed by atoms with Gasteiger partial charge in [0.25, 0.3) is 0 Å². The van der Waals surface area contributed by atoms with Gasteiger partial charge in [-0.2, -0.15) is 0 Å². The van der Waals surface area contributed by atoms with Crippen LogP contribution in [0.5, 0.6) is 0 Å². The number of esters is 1. The van der Waals surface area contributed by atoms with E-state index >= 15 is 0 Å². The van der Waals surface area contributed by atoms with Crippen LogP contribution in [0, 0.1) is 5.82 Å². The van der Waals surface area contributed by atoms with Gasteiger partial charge in [-0.3, -0.25) is 0 Å². The van der Waals surface area contributed by atoms with Gasteiger partial charge in [0, 0.05) is 4.90 Å². The Morgan fingerprint density at radius 2 is 2.12 bits per heavy atom. The Kier molecular flexibility index (Phi) is 6.05. The summed E-state index contributed by atoms with van der Waals surface area (Å²) < 4.78 is 18.3. The number of carbonyl (C=O) groups excluding carboxylic acids is 1. The van der Waals surface area contributed by atoms with Crippen LogP contribution in [0.1, 0.15) is 43.0 Å². The van der Waals surface area contributed by atoms with Gasteiger partial charge in [0.2, 0.25) is 0 Å². The lowest BCUT2D eigenvalue weighted by Crippen LogP contribution is -2.08. The minimum absolute atomic E-state index is 0.0482. The molecule has 0 unspecified atom stereocenters. The molecule has 0 saturated heterocycles. The maximum Gasteiger partial charge on any atom is 0.341 e. The number of ether oxygens (including phenoxy) is 1. The number of carbonyl (C=O) groups is 1. The summed E-state index contributed by atoms with van der Waals surface area (Å²) >= 11 is 4.06. The molecule has 94 valence electrons. The summed E-state index contributed by atoms with van der Waals surface area (Å²) in [5.74, 6) is -1.18. The third kappa shape index (κ3) is 4.77. The quantitative estimate of drug-likeness (QED) is 0.475. The molecule has 4 heteroatoms. The van der Waals surface area contributed by atoms with E-state index in [1.165, 1.54) is 18.2 Å². The van der Waals surface area contributed by atoms with Crippen molar-refractivity contribution >= 4 is 18.6 Å². The number of hydrogen-bond donors (Lipinski definition) is 1. The monoisotopic (exact) mass is 256 g/mol. The van der Waals surface area contributed by atoms with Gasteiger partial charge in [0.15, 0.2) is 0 Å². The molecule has 0 aromatic heterocycles. The number of thiol groups is 1. The van der Waals surface area contributed by atoms with Crippen LogP contribution in [-0.2, 0) is 4.74 Å². The molecular weight excluding hydrogens is 239 g/mol. The van der Waals surface area contributed by atoms with Gasteiger partial charge in [-0.1, -0.05) is 26.2 Å². The van der Waals surface area contributed by atoms with Crippen molar-refractivity contribution in [3.05, 3.63) is 29.6 Å². The van der Waals surface area contributed by atoms with Crippen LogP contribution in [0.25, 0.3) is 0 Å². The Balaban J connectivity index is 2.44. The zero-order valence-corrected chi connectivity index (χ0v) is 10.8. The van der Waals surface area contributed by atoms with Crippen molar-refractivity contribution < 1.29 is 13.9 Å². The van der Waals surface area contributed by atoms with E-state index in [0.717, 1.165) is 25.7 Å². The van der Waals surface area contributed by atoms with Gasteiger partial charge in [-0.25, -0.2) is 9.18 Å². The van der Waals surface area contributed by atoms with Crippen LogP contribution in [0.3, 0.4) is 0 Å². The van der Waals surface area contributed by atoms with Crippen LogP contribution < -0.4 is 0 Å². The molecule has 2 nitrogen and oxygen atoms in total. The Bertz CT molecular complexity index is 380. The molecule has 0 saturated carbocycles. The molecule has 0 aliphatic rings. The van der Waals surface area contributed by atoms with Crippen molar-refractivity contribution in [2.45, 2.75) is 37.5 Å². The first kappa shape index (κ1) is 14.0. The van der Waals surface area contributed by atoms with Gasteiger partial charge in [-0.15, -0.1) is 12.6 Å². The first-order valence-electron chi connectivity index (χ1n) is 5.80. The summed E-state index contributed by atoms with van der Waals surface area (Å²) in [5, 5.41) is 0. The van der Waals surface area contributed by atoms with Gasteiger partial charge in [0.05, 0.1) is 12.2 Å². The molecule has 0 atom stereocenters. The molecule has 0 bridgehead atoms. The molecular formula is C13H17FO2S. The fraction of sp³-hybridized carbons (Fsp3) is 0.462. The lowest BCUT2D eigenvalue weighted by molar-refractivity contribution is 0.0492. The molecule has 17 heavy (non-hydrogen) atoms. The number of benzene rings is 1. The lowest BCUT2D eigenvalue weighted by Gasteiger charge is -2.06. The van der Waals surface area contributed by atoms with Crippen LogP contribution in [0.2, 0.25) is 0 Å². The molecule has 0 aliphatic heterocycles. The summed E-state index contributed by atoms with van der Waals surface area (Å²) in [6.07, 6.45) is 4.10. The standard InChI is InChI=1S/C13H17FO2S/c1-2-3-4-5-8-16-13(15)11-9-10(17)6-7-12(11)14/h6-7,9,17H,2-5,8H2,1H3. The number of unbranched alkanes of at least 4 members (excludes halogenated alkanes) is 3. The summed E-state index contributed by atoms with van der Waals surface area (Å²) in [6.45, 7) is 2.45. The molecule has 0 aliphatic carbocycles. The fourth-order valence-corrected chi connectivity index (χ4v) is 1.64. The second-order valence-electron chi connectivity index (χ2n) is 3.86. The molecule has 0 spiro atoms. The van der Waals surface area contributed by atoms with E-state index in [9.17, 15) is 9.18 Å². The zero-order valence-electron chi connectivity index (χ0n) is 9.91. The summed E-state index contributed by atoms with van der Waals surface area (Å²) in [6, 6.07) is 4.10. The van der Waals surface area contributed by atoms with E-state index < -0.39 is 11.8 Å². The van der Waals surface area contributed by atoms with Crippen molar-refractivity contribution in [3.63, 3.8) is 0 Å². The molecule has 1 rings (SSSR count). The molecule has 0 fully saturated rings. The lowest BCUT2D eigenvalue weighted by atomic mass is 10.2. The van der Waals surface area contributed by atoms with Crippen molar-refractivity contribution in [2.75, 3.05) is 6.61 Å². The largest absolute Gasteiger partial charge is 0.462 e. The minimum atomic E-state index is -0.616. The maximum atomic E-state index is 13.3. The second-order valence-corrected chi connectivity index (χ2v) is 4.38. The number of rotatable bonds is 6. The smallest absolute Gasteiger partial charge is 0.341 e. The third-order valence-electron chi connectivity index (χ3n) is 2.40. The SMILES string of the molecule is CCCCCCOC(=O)c1cc(S)ccc1F. The fourth-order valence-electron chi connectivity index (χ4n) is 1.44. The van der Waals surface area contributed by atoms with Gasteiger partial charge in [0.1, 0.15) is 5.82 Å². The van der Waals surface area contributed by atoms with Crippen molar-refractivity contribution in [3.8, 4) is 0 Å². The number of halogens is 1. The van der Waals surface area contributed by atoms with Crippen LogP contribution >= 0.6 is 12.6 Å². The second kappa shape index (κ2) is 7.33. The van der Waals surface area contributed by atoms with Crippen LogP contribution in [0.15, 0.2) is 23.1 Å². The highest BCUT2D eigenvalue weighted by molar-refractivity contribution is 7.80. The van der Waals surface area contributed by atoms with E-state index in [1.807, 2.05) is 0 Å².